The van der Waals surface area contributed by atoms with Crippen LogP contribution < -0.4 is 5.73 Å². The van der Waals surface area contributed by atoms with Gasteiger partial charge in [-0.15, -0.1) is 0 Å². The molecule has 16 heavy (non-hydrogen) atoms. The van der Waals surface area contributed by atoms with Crippen LogP contribution in [0.15, 0.2) is 0 Å². The molecule has 1 saturated carbocycles. The SMILES string of the molecule is CC(C)S(=O)(=O)N(C)C1(CN)CCCCC1. The Hall–Kier alpha value is -0.130. The highest BCUT2D eigenvalue weighted by atomic mass is 32.2. The predicted molar refractivity (Wildman–Crippen MR) is 66.7 cm³/mol. The number of nitrogens with zero attached hydrogens (tertiary/aromatic N) is 1. The van der Waals surface area contributed by atoms with E-state index in [-0.39, 0.29) is 10.8 Å². The molecule has 0 aromatic carbocycles. The van der Waals surface area contributed by atoms with Gasteiger partial charge in [0.15, 0.2) is 0 Å². The topological polar surface area (TPSA) is 63.4 Å². The van der Waals surface area contributed by atoms with E-state index in [1.54, 1.807) is 25.2 Å². The minimum atomic E-state index is -3.19. The predicted octanol–water partition coefficient (Wildman–Crippen LogP) is 1.32. The van der Waals surface area contributed by atoms with E-state index in [9.17, 15) is 8.42 Å². The first-order chi connectivity index (χ1) is 7.37. The molecule has 5 heteroatoms. The van der Waals surface area contributed by atoms with Crippen LogP contribution in [0.3, 0.4) is 0 Å². The Morgan fingerprint density at radius 2 is 1.75 bits per heavy atom. The maximum absolute atomic E-state index is 12.2. The maximum atomic E-state index is 12.2. The Morgan fingerprint density at radius 1 is 1.25 bits per heavy atom. The Bertz CT molecular complexity index is 319. The van der Waals surface area contributed by atoms with Crippen LogP contribution in [0.1, 0.15) is 46.0 Å². The smallest absolute Gasteiger partial charge is 0.216 e. The van der Waals surface area contributed by atoms with Crippen LogP contribution in [0.25, 0.3) is 0 Å². The molecule has 96 valence electrons. The van der Waals surface area contributed by atoms with Gasteiger partial charge < -0.3 is 5.73 Å². The molecular weight excluding hydrogens is 224 g/mol. The number of hydrogen-bond donors (Lipinski definition) is 1. The van der Waals surface area contributed by atoms with Crippen molar-refractivity contribution in [2.45, 2.75) is 56.7 Å². The summed E-state index contributed by atoms with van der Waals surface area (Å²) in [5, 5.41) is -0.372. The summed E-state index contributed by atoms with van der Waals surface area (Å²) in [5.74, 6) is 0. The van der Waals surface area contributed by atoms with Crippen molar-refractivity contribution in [2.75, 3.05) is 13.6 Å². The van der Waals surface area contributed by atoms with E-state index in [2.05, 4.69) is 0 Å². The third-order valence-electron chi connectivity index (χ3n) is 3.81. The molecule has 1 aliphatic carbocycles. The second-order valence-electron chi connectivity index (χ2n) is 5.05. The van der Waals surface area contributed by atoms with Gasteiger partial charge in [-0.1, -0.05) is 19.3 Å². The number of hydrogen-bond acceptors (Lipinski definition) is 3. The largest absolute Gasteiger partial charge is 0.329 e. The van der Waals surface area contributed by atoms with Crippen LogP contribution in [-0.2, 0) is 10.0 Å². The minimum absolute atomic E-state index is 0.332. The highest BCUT2D eigenvalue weighted by molar-refractivity contribution is 7.89. The van der Waals surface area contributed by atoms with E-state index >= 15 is 0 Å². The Labute approximate surface area is 99.2 Å². The average Bonchev–Trinajstić information content (AvgIpc) is 2.28. The first kappa shape index (κ1) is 13.9. The van der Waals surface area contributed by atoms with Gasteiger partial charge in [0.2, 0.25) is 10.0 Å². The number of sulfonamides is 1. The lowest BCUT2D eigenvalue weighted by molar-refractivity contribution is 0.158. The normalized spacial score (nSPS) is 21.6. The quantitative estimate of drug-likeness (QED) is 0.816. The monoisotopic (exact) mass is 248 g/mol. The summed E-state index contributed by atoms with van der Waals surface area (Å²) >= 11 is 0. The first-order valence-electron chi connectivity index (χ1n) is 6.05. The molecule has 0 aromatic rings. The lowest BCUT2D eigenvalue weighted by Gasteiger charge is -2.43. The minimum Gasteiger partial charge on any atom is -0.329 e. The van der Waals surface area contributed by atoms with Gasteiger partial charge in [0.1, 0.15) is 0 Å². The molecule has 2 N–H and O–H groups in total. The highest BCUT2D eigenvalue weighted by Gasteiger charge is 2.41. The Balaban J connectivity index is 2.96. The van der Waals surface area contributed by atoms with E-state index in [1.165, 1.54) is 6.42 Å². The van der Waals surface area contributed by atoms with E-state index in [0.717, 1.165) is 25.7 Å². The fourth-order valence-corrected chi connectivity index (χ4v) is 3.87. The fraction of sp³-hybridized carbons (Fsp3) is 1.00. The van der Waals surface area contributed by atoms with E-state index in [0.29, 0.717) is 6.54 Å². The molecule has 1 fully saturated rings. The van der Waals surface area contributed by atoms with Gasteiger partial charge in [-0.05, 0) is 26.7 Å². The van der Waals surface area contributed by atoms with Crippen LogP contribution >= 0.6 is 0 Å². The van der Waals surface area contributed by atoms with Crippen molar-refractivity contribution in [1.29, 1.82) is 0 Å². The van der Waals surface area contributed by atoms with Crippen molar-refractivity contribution < 1.29 is 8.42 Å². The second kappa shape index (κ2) is 5.02. The van der Waals surface area contributed by atoms with Crippen molar-refractivity contribution in [2.24, 2.45) is 5.73 Å². The molecule has 0 unspecified atom stereocenters. The Morgan fingerprint density at radius 3 is 2.12 bits per heavy atom. The third kappa shape index (κ3) is 2.41. The van der Waals surface area contributed by atoms with Gasteiger partial charge in [0.25, 0.3) is 0 Å². The van der Waals surface area contributed by atoms with E-state index in [4.69, 9.17) is 5.73 Å². The van der Waals surface area contributed by atoms with Crippen LogP contribution in [0.5, 0.6) is 0 Å². The van der Waals surface area contributed by atoms with Crippen molar-refractivity contribution >= 4 is 10.0 Å². The molecule has 1 aliphatic rings. The third-order valence-corrected chi connectivity index (χ3v) is 6.15. The standard InChI is InChI=1S/C11H24N2O2S/c1-10(2)16(14,15)13(3)11(9-12)7-5-4-6-8-11/h10H,4-9,12H2,1-3H3. The van der Waals surface area contributed by atoms with Crippen molar-refractivity contribution in [3.63, 3.8) is 0 Å². The van der Waals surface area contributed by atoms with Gasteiger partial charge in [0.05, 0.1) is 5.25 Å². The van der Waals surface area contributed by atoms with Crippen molar-refractivity contribution in [3.05, 3.63) is 0 Å². The van der Waals surface area contributed by atoms with Gasteiger partial charge in [-0.25, -0.2) is 8.42 Å². The molecule has 0 aromatic heterocycles. The van der Waals surface area contributed by atoms with Crippen LogP contribution in [0.4, 0.5) is 0 Å². The molecule has 0 bridgehead atoms. The summed E-state index contributed by atoms with van der Waals surface area (Å²) in [6, 6.07) is 0. The number of rotatable bonds is 4. The van der Waals surface area contributed by atoms with Crippen LogP contribution in [0, 0.1) is 0 Å². The number of nitrogens with two attached hydrogens (primary N) is 1. The molecule has 1 rings (SSSR count). The lowest BCUT2D eigenvalue weighted by Crippen LogP contribution is -2.56. The molecule has 0 radical (unpaired) electrons. The summed E-state index contributed by atoms with van der Waals surface area (Å²) in [4.78, 5) is 0. The van der Waals surface area contributed by atoms with Crippen LogP contribution in [-0.4, -0.2) is 37.1 Å². The zero-order valence-electron chi connectivity index (χ0n) is 10.6. The van der Waals surface area contributed by atoms with Gasteiger partial charge >= 0.3 is 0 Å². The highest BCUT2D eigenvalue weighted by Crippen LogP contribution is 2.34. The zero-order chi connectivity index (χ0) is 12.4. The second-order valence-corrected chi connectivity index (χ2v) is 7.57. The lowest BCUT2D eigenvalue weighted by atomic mass is 9.82. The van der Waals surface area contributed by atoms with E-state index < -0.39 is 10.0 Å². The summed E-state index contributed by atoms with van der Waals surface area (Å²) in [5.41, 5.74) is 5.50. The summed E-state index contributed by atoms with van der Waals surface area (Å²) in [6.45, 7) is 3.87. The Kier molecular flexibility index (Phi) is 4.37. The van der Waals surface area contributed by atoms with Gasteiger partial charge in [0, 0.05) is 19.1 Å². The molecule has 0 amide bonds. The average molecular weight is 248 g/mol. The molecule has 4 nitrogen and oxygen atoms in total. The fourth-order valence-electron chi connectivity index (χ4n) is 2.44. The molecular formula is C11H24N2O2S. The summed E-state index contributed by atoms with van der Waals surface area (Å²) in [6.07, 6.45) is 5.14. The molecule has 0 saturated heterocycles. The molecule has 0 aliphatic heterocycles. The summed E-state index contributed by atoms with van der Waals surface area (Å²) < 4.78 is 25.9. The van der Waals surface area contributed by atoms with Gasteiger partial charge in [-0.3, -0.25) is 0 Å². The number of likely N-dealkylation sites (N-methyl/N-ethyl adjacent to an activating group) is 1. The van der Waals surface area contributed by atoms with Gasteiger partial charge in [-0.2, -0.15) is 4.31 Å². The van der Waals surface area contributed by atoms with Crippen molar-refractivity contribution in [1.82, 2.24) is 4.31 Å². The molecule has 0 heterocycles. The van der Waals surface area contributed by atoms with E-state index in [1.807, 2.05) is 0 Å². The summed E-state index contributed by atoms with van der Waals surface area (Å²) in [7, 11) is -1.51. The van der Waals surface area contributed by atoms with Crippen molar-refractivity contribution in [3.8, 4) is 0 Å². The van der Waals surface area contributed by atoms with Crippen LogP contribution in [0.2, 0.25) is 0 Å². The zero-order valence-corrected chi connectivity index (χ0v) is 11.4. The molecule has 0 spiro atoms. The maximum Gasteiger partial charge on any atom is 0.216 e. The first-order valence-corrected chi connectivity index (χ1v) is 7.55. The molecule has 0 atom stereocenters.